The van der Waals surface area contributed by atoms with E-state index in [9.17, 15) is 0 Å². The Kier molecular flexibility index (Phi) is 10.6. The third kappa shape index (κ3) is 9.80. The first kappa shape index (κ1) is 11.8. The molecule has 0 spiro atoms. The van der Waals surface area contributed by atoms with Crippen molar-refractivity contribution in [3.63, 3.8) is 0 Å². The molecule has 0 unspecified atom stereocenters. The maximum atomic E-state index is 5.25. The molecule has 4 N–H and O–H groups in total. The van der Waals surface area contributed by atoms with E-state index in [4.69, 9.17) is 16.5 Å². The Labute approximate surface area is 72.9 Å². The van der Waals surface area contributed by atoms with Gasteiger partial charge in [0, 0.05) is 13.2 Å². The Balaban J connectivity index is 2.73. The molecule has 0 aliphatic heterocycles. The Hall–Kier alpha value is -0.200. The summed E-state index contributed by atoms with van der Waals surface area (Å²) in [5.74, 6) is 9.66. The predicted octanol–water partition coefficient (Wildman–Crippen LogP) is -0.0461. The lowest BCUT2D eigenvalue weighted by Crippen LogP contribution is -2.06. The van der Waals surface area contributed by atoms with E-state index < -0.39 is 0 Å². The zero-order valence-electron chi connectivity index (χ0n) is 7.33. The van der Waals surface area contributed by atoms with Crippen LogP contribution in [0.2, 0.25) is 0 Å². The summed E-state index contributed by atoms with van der Waals surface area (Å²) in [5.41, 5.74) is 0. The third-order valence-electron chi connectivity index (χ3n) is 1.35. The average molecular weight is 178 g/mol. The molecule has 12 heavy (non-hydrogen) atoms. The van der Waals surface area contributed by atoms with E-state index in [0.717, 1.165) is 25.9 Å². The van der Waals surface area contributed by atoms with Crippen LogP contribution < -0.4 is 11.8 Å². The maximum absolute atomic E-state index is 5.25. The lowest BCUT2D eigenvalue weighted by Gasteiger charge is -2.02. The average Bonchev–Trinajstić information content (AvgIpc) is 2.10. The molecule has 0 bridgehead atoms. The van der Waals surface area contributed by atoms with Crippen molar-refractivity contribution in [2.24, 2.45) is 11.8 Å². The van der Waals surface area contributed by atoms with E-state index in [1.165, 1.54) is 0 Å². The zero-order chi connectivity index (χ0) is 9.07. The molecular formula is C7H18N2O3. The van der Waals surface area contributed by atoms with Crippen LogP contribution >= 0.6 is 0 Å². The number of ether oxygens (including phenoxy) is 1. The van der Waals surface area contributed by atoms with E-state index in [1.54, 1.807) is 0 Å². The largest absolute Gasteiger partial charge is 0.381 e. The summed E-state index contributed by atoms with van der Waals surface area (Å²) in [7, 11) is 0. The first-order chi connectivity index (χ1) is 5.91. The molecular weight excluding hydrogens is 160 g/mol. The molecule has 0 aromatic heterocycles. The Morgan fingerprint density at radius 3 is 1.83 bits per heavy atom. The zero-order valence-corrected chi connectivity index (χ0v) is 7.33. The van der Waals surface area contributed by atoms with E-state index in [0.29, 0.717) is 19.8 Å². The molecule has 0 radical (unpaired) electrons. The number of rotatable bonds is 9. The minimum absolute atomic E-state index is 0.548. The fourth-order valence-electron chi connectivity index (χ4n) is 0.736. The number of hydrogen-bond acceptors (Lipinski definition) is 5. The second-order valence-electron chi connectivity index (χ2n) is 2.41. The first-order valence-electron chi connectivity index (χ1n) is 4.13. The SMILES string of the molecule is NOCCCCOCCCON. The highest BCUT2D eigenvalue weighted by molar-refractivity contribution is 4.38. The van der Waals surface area contributed by atoms with E-state index in [-0.39, 0.29) is 0 Å². The van der Waals surface area contributed by atoms with Crippen LogP contribution in [0.15, 0.2) is 0 Å². The van der Waals surface area contributed by atoms with Gasteiger partial charge in [-0.1, -0.05) is 0 Å². The summed E-state index contributed by atoms with van der Waals surface area (Å²) in [6, 6.07) is 0. The van der Waals surface area contributed by atoms with Gasteiger partial charge >= 0.3 is 0 Å². The minimum atomic E-state index is 0.548. The normalized spacial score (nSPS) is 10.5. The predicted molar refractivity (Wildman–Crippen MR) is 44.9 cm³/mol. The molecule has 0 heterocycles. The Morgan fingerprint density at radius 2 is 1.17 bits per heavy atom. The molecule has 0 aromatic carbocycles. The lowest BCUT2D eigenvalue weighted by molar-refractivity contribution is 0.0755. The van der Waals surface area contributed by atoms with Crippen LogP contribution in [-0.2, 0) is 14.4 Å². The highest BCUT2D eigenvalue weighted by atomic mass is 16.6. The number of unbranched alkanes of at least 4 members (excludes halogenated alkanes) is 1. The minimum Gasteiger partial charge on any atom is -0.381 e. The highest BCUT2D eigenvalue weighted by Gasteiger charge is 1.89. The third-order valence-corrected chi connectivity index (χ3v) is 1.35. The van der Waals surface area contributed by atoms with Gasteiger partial charge in [-0.25, -0.2) is 11.8 Å². The van der Waals surface area contributed by atoms with Gasteiger partial charge in [0.15, 0.2) is 0 Å². The number of nitrogens with two attached hydrogens (primary N) is 2. The summed E-state index contributed by atoms with van der Waals surface area (Å²) >= 11 is 0. The van der Waals surface area contributed by atoms with Crippen LogP contribution in [0, 0.1) is 0 Å². The van der Waals surface area contributed by atoms with Gasteiger partial charge in [-0.3, -0.25) is 0 Å². The van der Waals surface area contributed by atoms with Crippen LogP contribution in [0.5, 0.6) is 0 Å². The molecule has 0 amide bonds. The summed E-state index contributed by atoms with van der Waals surface area (Å²) in [6.45, 7) is 2.58. The first-order valence-corrected chi connectivity index (χ1v) is 4.13. The molecule has 0 fully saturated rings. The molecule has 0 saturated carbocycles. The van der Waals surface area contributed by atoms with Gasteiger partial charge < -0.3 is 14.4 Å². The van der Waals surface area contributed by atoms with Crippen molar-refractivity contribution in [2.75, 3.05) is 26.4 Å². The molecule has 0 aliphatic rings. The van der Waals surface area contributed by atoms with Gasteiger partial charge in [-0.15, -0.1) is 0 Å². The monoisotopic (exact) mass is 178 g/mol. The van der Waals surface area contributed by atoms with E-state index in [1.807, 2.05) is 0 Å². The quantitative estimate of drug-likeness (QED) is 0.382. The van der Waals surface area contributed by atoms with Crippen molar-refractivity contribution < 1.29 is 14.4 Å². The Bertz CT molecular complexity index is 73.1. The highest BCUT2D eigenvalue weighted by Crippen LogP contribution is 1.90. The fourth-order valence-corrected chi connectivity index (χ4v) is 0.736. The van der Waals surface area contributed by atoms with Crippen molar-refractivity contribution in [3.05, 3.63) is 0 Å². The van der Waals surface area contributed by atoms with E-state index >= 15 is 0 Å². The second-order valence-corrected chi connectivity index (χ2v) is 2.41. The summed E-state index contributed by atoms with van der Waals surface area (Å²) in [5, 5.41) is 0. The topological polar surface area (TPSA) is 79.7 Å². The molecule has 74 valence electrons. The van der Waals surface area contributed by atoms with Crippen molar-refractivity contribution >= 4 is 0 Å². The van der Waals surface area contributed by atoms with Crippen LogP contribution in [0.1, 0.15) is 19.3 Å². The van der Waals surface area contributed by atoms with Gasteiger partial charge in [0.2, 0.25) is 0 Å². The van der Waals surface area contributed by atoms with Crippen molar-refractivity contribution in [2.45, 2.75) is 19.3 Å². The van der Waals surface area contributed by atoms with E-state index in [2.05, 4.69) is 9.68 Å². The van der Waals surface area contributed by atoms with Crippen LogP contribution in [0.3, 0.4) is 0 Å². The number of hydrogen-bond donors (Lipinski definition) is 2. The fraction of sp³-hybridized carbons (Fsp3) is 1.00. The molecule has 5 nitrogen and oxygen atoms in total. The maximum Gasteiger partial charge on any atom is 0.0701 e. The molecule has 0 saturated heterocycles. The van der Waals surface area contributed by atoms with Crippen molar-refractivity contribution in [1.29, 1.82) is 0 Å². The molecule has 0 aliphatic carbocycles. The Morgan fingerprint density at radius 1 is 0.667 bits per heavy atom. The molecule has 5 heteroatoms. The molecule has 0 rings (SSSR count). The van der Waals surface area contributed by atoms with Crippen LogP contribution in [0.4, 0.5) is 0 Å². The van der Waals surface area contributed by atoms with Gasteiger partial charge in [0.05, 0.1) is 13.2 Å². The van der Waals surface area contributed by atoms with Crippen LogP contribution in [-0.4, -0.2) is 26.4 Å². The standard InChI is InChI=1S/C7H18N2O3/c8-11-6-2-1-4-10-5-3-7-12-9/h1-9H2. The lowest BCUT2D eigenvalue weighted by atomic mass is 10.3. The van der Waals surface area contributed by atoms with Crippen molar-refractivity contribution in [1.82, 2.24) is 0 Å². The van der Waals surface area contributed by atoms with Gasteiger partial charge in [0.1, 0.15) is 0 Å². The van der Waals surface area contributed by atoms with Crippen LogP contribution in [0.25, 0.3) is 0 Å². The van der Waals surface area contributed by atoms with Gasteiger partial charge in [-0.2, -0.15) is 0 Å². The van der Waals surface area contributed by atoms with Crippen molar-refractivity contribution in [3.8, 4) is 0 Å². The molecule has 0 atom stereocenters. The molecule has 0 aromatic rings. The second kappa shape index (κ2) is 10.8. The smallest absolute Gasteiger partial charge is 0.0701 e. The summed E-state index contributed by atoms with van der Waals surface area (Å²) < 4.78 is 5.25. The van der Waals surface area contributed by atoms with Gasteiger partial charge in [-0.05, 0) is 19.3 Å². The summed E-state index contributed by atoms with van der Waals surface area (Å²) in [6.07, 6.45) is 2.74. The van der Waals surface area contributed by atoms with Gasteiger partial charge in [0.25, 0.3) is 0 Å². The summed E-state index contributed by atoms with van der Waals surface area (Å²) in [4.78, 5) is 8.77.